The van der Waals surface area contributed by atoms with Crippen molar-refractivity contribution in [3.8, 4) is 0 Å². The van der Waals surface area contributed by atoms with Gasteiger partial charge in [0.25, 0.3) is 0 Å². The van der Waals surface area contributed by atoms with Gasteiger partial charge in [-0.15, -0.1) is 0 Å². The van der Waals surface area contributed by atoms with Gasteiger partial charge in [-0.05, 0) is 25.6 Å². The highest BCUT2D eigenvalue weighted by molar-refractivity contribution is 7.15. The second-order valence-electron chi connectivity index (χ2n) is 4.66. The summed E-state index contributed by atoms with van der Waals surface area (Å²) in [6, 6.07) is 10.4. The van der Waals surface area contributed by atoms with Crippen LogP contribution in [0.2, 0.25) is 0 Å². The third kappa shape index (κ3) is 4.03. The molecule has 0 saturated heterocycles. The molecule has 114 valence electrons. The number of nitrogens with zero attached hydrogens (tertiary/aromatic N) is 2. The van der Waals surface area contributed by atoms with Crippen LogP contribution in [0.15, 0.2) is 30.3 Å². The van der Waals surface area contributed by atoms with Crippen LogP contribution < -0.4 is 10.2 Å². The van der Waals surface area contributed by atoms with E-state index in [0.29, 0.717) is 6.61 Å². The summed E-state index contributed by atoms with van der Waals surface area (Å²) in [5.74, 6) is 0. The SMILES string of the molecule is CCNCc1sc(N(CC)c2ccccc2)nc1COC. The lowest BCUT2D eigenvalue weighted by atomic mass is 10.3. The highest BCUT2D eigenvalue weighted by atomic mass is 32.1. The molecule has 0 aliphatic heterocycles. The number of hydrogen-bond donors (Lipinski definition) is 1. The number of aromatic nitrogens is 1. The van der Waals surface area contributed by atoms with E-state index in [4.69, 9.17) is 9.72 Å². The summed E-state index contributed by atoms with van der Waals surface area (Å²) in [4.78, 5) is 8.27. The lowest BCUT2D eigenvalue weighted by molar-refractivity contribution is 0.181. The van der Waals surface area contributed by atoms with Crippen LogP contribution in [-0.4, -0.2) is 25.2 Å². The predicted molar refractivity (Wildman–Crippen MR) is 89.3 cm³/mol. The van der Waals surface area contributed by atoms with Crippen LogP contribution in [0.4, 0.5) is 10.8 Å². The summed E-state index contributed by atoms with van der Waals surface area (Å²) in [6.07, 6.45) is 0. The first-order chi connectivity index (χ1) is 10.3. The number of anilines is 2. The van der Waals surface area contributed by atoms with E-state index in [9.17, 15) is 0 Å². The van der Waals surface area contributed by atoms with E-state index in [1.807, 2.05) is 6.07 Å². The molecule has 1 aromatic heterocycles. The van der Waals surface area contributed by atoms with E-state index in [1.54, 1.807) is 18.4 Å². The second kappa shape index (κ2) is 8.12. The Morgan fingerprint density at radius 3 is 2.62 bits per heavy atom. The Balaban J connectivity index is 2.28. The van der Waals surface area contributed by atoms with Crippen molar-refractivity contribution in [3.63, 3.8) is 0 Å². The quantitative estimate of drug-likeness (QED) is 0.809. The van der Waals surface area contributed by atoms with E-state index in [1.165, 1.54) is 10.6 Å². The van der Waals surface area contributed by atoms with Gasteiger partial charge >= 0.3 is 0 Å². The van der Waals surface area contributed by atoms with Crippen molar-refractivity contribution in [1.29, 1.82) is 0 Å². The van der Waals surface area contributed by atoms with Crippen LogP contribution in [0.5, 0.6) is 0 Å². The molecule has 2 rings (SSSR count). The Kier molecular flexibility index (Phi) is 6.17. The fourth-order valence-corrected chi connectivity index (χ4v) is 3.27. The molecular formula is C16H23N3OS. The first-order valence-electron chi connectivity index (χ1n) is 7.30. The molecule has 0 bridgehead atoms. The number of hydrogen-bond acceptors (Lipinski definition) is 5. The summed E-state index contributed by atoms with van der Waals surface area (Å²) in [6.45, 7) is 7.51. The average molecular weight is 305 g/mol. The lowest BCUT2D eigenvalue weighted by Crippen LogP contribution is -2.15. The van der Waals surface area contributed by atoms with E-state index < -0.39 is 0 Å². The molecule has 1 aromatic carbocycles. The maximum Gasteiger partial charge on any atom is 0.190 e. The molecule has 5 heteroatoms. The number of thiazole rings is 1. The molecule has 0 fully saturated rings. The van der Waals surface area contributed by atoms with Crippen molar-refractivity contribution < 1.29 is 4.74 Å². The monoisotopic (exact) mass is 305 g/mol. The van der Waals surface area contributed by atoms with Crippen molar-refractivity contribution in [2.24, 2.45) is 0 Å². The molecule has 0 radical (unpaired) electrons. The molecule has 0 atom stereocenters. The Morgan fingerprint density at radius 1 is 1.24 bits per heavy atom. The van der Waals surface area contributed by atoms with Crippen LogP contribution in [0, 0.1) is 0 Å². The zero-order chi connectivity index (χ0) is 15.1. The average Bonchev–Trinajstić information content (AvgIpc) is 2.90. The first kappa shape index (κ1) is 15.9. The third-order valence-corrected chi connectivity index (χ3v) is 4.32. The minimum atomic E-state index is 0.559. The topological polar surface area (TPSA) is 37.4 Å². The van der Waals surface area contributed by atoms with Crippen molar-refractivity contribution in [2.45, 2.75) is 27.0 Å². The lowest BCUT2D eigenvalue weighted by Gasteiger charge is -2.19. The smallest absolute Gasteiger partial charge is 0.190 e. The van der Waals surface area contributed by atoms with Crippen LogP contribution in [0.25, 0.3) is 0 Å². The van der Waals surface area contributed by atoms with Crippen molar-refractivity contribution in [3.05, 3.63) is 40.9 Å². The fraction of sp³-hybridized carbons (Fsp3) is 0.438. The van der Waals surface area contributed by atoms with Crippen molar-refractivity contribution >= 4 is 22.2 Å². The van der Waals surface area contributed by atoms with Crippen LogP contribution >= 0.6 is 11.3 Å². The van der Waals surface area contributed by atoms with Gasteiger partial charge in [-0.3, -0.25) is 0 Å². The standard InChI is InChI=1S/C16H23N3OS/c1-4-17-11-15-14(12-20-3)18-16(21-15)19(5-2)13-9-7-6-8-10-13/h6-10,17H,4-5,11-12H2,1-3H3. The van der Waals surface area contributed by atoms with Gasteiger partial charge in [0.05, 0.1) is 12.3 Å². The normalized spacial score (nSPS) is 10.8. The molecule has 21 heavy (non-hydrogen) atoms. The molecule has 1 heterocycles. The fourth-order valence-electron chi connectivity index (χ4n) is 2.15. The van der Waals surface area contributed by atoms with E-state index >= 15 is 0 Å². The molecule has 0 aliphatic rings. The molecule has 0 unspecified atom stereocenters. The van der Waals surface area contributed by atoms with Gasteiger partial charge in [-0.1, -0.05) is 36.5 Å². The van der Waals surface area contributed by atoms with Crippen LogP contribution in [-0.2, 0) is 17.9 Å². The summed E-state index contributed by atoms with van der Waals surface area (Å²) in [5, 5.41) is 4.40. The molecule has 0 aliphatic carbocycles. The van der Waals surface area contributed by atoms with Crippen molar-refractivity contribution in [1.82, 2.24) is 10.3 Å². The zero-order valence-electron chi connectivity index (χ0n) is 12.9. The van der Waals surface area contributed by atoms with Gasteiger partial charge in [0.1, 0.15) is 0 Å². The number of nitrogens with one attached hydrogen (secondary N) is 1. The van der Waals surface area contributed by atoms with E-state index in [0.717, 1.165) is 30.5 Å². The molecule has 1 N–H and O–H groups in total. The largest absolute Gasteiger partial charge is 0.378 e. The Morgan fingerprint density at radius 2 is 2.00 bits per heavy atom. The molecule has 0 amide bonds. The Labute approximate surface area is 130 Å². The van der Waals surface area contributed by atoms with Gasteiger partial charge in [-0.25, -0.2) is 4.98 Å². The highest BCUT2D eigenvalue weighted by Crippen LogP contribution is 2.31. The first-order valence-corrected chi connectivity index (χ1v) is 8.12. The number of methoxy groups -OCH3 is 1. The van der Waals surface area contributed by atoms with Gasteiger partial charge in [0, 0.05) is 30.8 Å². The number of para-hydroxylation sites is 1. The van der Waals surface area contributed by atoms with Gasteiger partial charge < -0.3 is 15.0 Å². The Hall–Kier alpha value is -1.43. The van der Waals surface area contributed by atoms with Gasteiger partial charge in [0.15, 0.2) is 5.13 Å². The number of rotatable bonds is 8. The predicted octanol–water partition coefficient (Wildman–Crippen LogP) is 3.56. The van der Waals surface area contributed by atoms with Gasteiger partial charge in [0.2, 0.25) is 0 Å². The molecular weight excluding hydrogens is 282 g/mol. The second-order valence-corrected chi connectivity index (χ2v) is 5.72. The minimum Gasteiger partial charge on any atom is -0.378 e. The Bertz CT molecular complexity index is 542. The van der Waals surface area contributed by atoms with Gasteiger partial charge in [-0.2, -0.15) is 0 Å². The van der Waals surface area contributed by atoms with Crippen LogP contribution in [0.3, 0.4) is 0 Å². The van der Waals surface area contributed by atoms with Crippen LogP contribution in [0.1, 0.15) is 24.4 Å². The van der Waals surface area contributed by atoms with E-state index in [-0.39, 0.29) is 0 Å². The molecule has 0 saturated carbocycles. The summed E-state index contributed by atoms with van der Waals surface area (Å²) < 4.78 is 5.28. The molecule has 2 aromatic rings. The third-order valence-electron chi connectivity index (χ3n) is 3.20. The number of ether oxygens (including phenoxy) is 1. The summed E-state index contributed by atoms with van der Waals surface area (Å²) in [7, 11) is 1.71. The minimum absolute atomic E-state index is 0.559. The number of benzene rings is 1. The maximum absolute atomic E-state index is 5.28. The van der Waals surface area contributed by atoms with E-state index in [2.05, 4.69) is 48.3 Å². The highest BCUT2D eigenvalue weighted by Gasteiger charge is 2.16. The maximum atomic E-state index is 5.28. The summed E-state index contributed by atoms with van der Waals surface area (Å²) in [5.41, 5.74) is 2.21. The summed E-state index contributed by atoms with van der Waals surface area (Å²) >= 11 is 1.74. The molecule has 4 nitrogen and oxygen atoms in total. The zero-order valence-corrected chi connectivity index (χ0v) is 13.7. The van der Waals surface area contributed by atoms with Crippen molar-refractivity contribution in [2.75, 3.05) is 25.1 Å². The molecule has 0 spiro atoms.